The Kier molecular flexibility index (Phi) is 3.33. The smallest absolute Gasteiger partial charge is 0.106 e. The van der Waals surface area contributed by atoms with Gasteiger partial charge in [-0.15, -0.1) is 0 Å². The molecular weight excluding hydrogens is 166 g/mol. The van der Waals surface area contributed by atoms with Gasteiger partial charge in [-0.2, -0.15) is 5.26 Å². The topological polar surface area (TPSA) is 61.2 Å². The first-order valence-electron chi connectivity index (χ1n) is 3.68. The lowest BCUT2D eigenvalue weighted by molar-refractivity contribution is 0.215. The molecule has 0 amide bonds. The maximum Gasteiger partial charge on any atom is 0.106 e. The quantitative estimate of drug-likeness (QED) is 0.430. The van der Waals surface area contributed by atoms with E-state index in [1.807, 2.05) is 18.2 Å². The molecular formula is C9H9N3O. The third-order valence-electron chi connectivity index (χ3n) is 1.36. The van der Waals surface area contributed by atoms with Crippen LogP contribution in [0.5, 0.6) is 0 Å². The van der Waals surface area contributed by atoms with Crippen molar-refractivity contribution in [3.63, 3.8) is 0 Å². The first-order valence-corrected chi connectivity index (χ1v) is 3.68. The number of hydrogen-bond acceptors (Lipinski definition) is 3. The van der Waals surface area contributed by atoms with E-state index in [9.17, 15) is 0 Å². The molecule has 0 unspecified atom stereocenters. The maximum absolute atomic E-state index is 8.67. The minimum atomic E-state index is 0.435. The van der Waals surface area contributed by atoms with E-state index >= 15 is 0 Å². The number of H-pyrrole nitrogens is 1. The van der Waals surface area contributed by atoms with Gasteiger partial charge in [0.15, 0.2) is 0 Å². The van der Waals surface area contributed by atoms with Crippen LogP contribution in [0.3, 0.4) is 0 Å². The van der Waals surface area contributed by atoms with Gasteiger partial charge in [-0.05, 0) is 18.2 Å². The molecule has 1 aromatic heterocycles. The third-order valence-corrected chi connectivity index (χ3v) is 1.36. The van der Waals surface area contributed by atoms with E-state index in [1.54, 1.807) is 12.3 Å². The number of nitrogens with one attached hydrogen (secondary N) is 1. The second kappa shape index (κ2) is 4.78. The molecule has 0 radical (unpaired) electrons. The number of aromatic amines is 1. The van der Waals surface area contributed by atoms with Crippen LogP contribution in [0.1, 0.15) is 5.69 Å². The van der Waals surface area contributed by atoms with E-state index in [0.29, 0.717) is 5.57 Å². The highest BCUT2D eigenvalue weighted by Gasteiger charge is 1.92. The van der Waals surface area contributed by atoms with E-state index in [2.05, 4.69) is 15.0 Å². The Morgan fingerprint density at radius 1 is 1.77 bits per heavy atom. The fraction of sp³-hybridized carbons (Fsp3) is 0.111. The van der Waals surface area contributed by atoms with Crippen LogP contribution in [0, 0.1) is 11.3 Å². The fourth-order valence-electron chi connectivity index (χ4n) is 0.809. The molecule has 0 saturated heterocycles. The molecule has 0 aliphatic carbocycles. The Hall–Kier alpha value is -2.02. The van der Waals surface area contributed by atoms with Crippen molar-refractivity contribution in [1.82, 2.24) is 4.98 Å². The van der Waals surface area contributed by atoms with E-state index in [4.69, 9.17) is 5.26 Å². The first kappa shape index (κ1) is 9.07. The number of oxime groups is 1. The van der Waals surface area contributed by atoms with Crippen LogP contribution in [0.25, 0.3) is 6.08 Å². The Labute approximate surface area is 76.1 Å². The molecule has 13 heavy (non-hydrogen) atoms. The lowest BCUT2D eigenvalue weighted by atomic mass is 10.2. The summed E-state index contributed by atoms with van der Waals surface area (Å²) in [6.45, 7) is 0. The van der Waals surface area contributed by atoms with Gasteiger partial charge >= 0.3 is 0 Å². The molecule has 0 bridgehead atoms. The normalized spacial score (nSPS) is 11.5. The minimum absolute atomic E-state index is 0.435. The summed E-state index contributed by atoms with van der Waals surface area (Å²) >= 11 is 0. The highest BCUT2D eigenvalue weighted by atomic mass is 16.6. The van der Waals surface area contributed by atoms with Crippen molar-refractivity contribution >= 4 is 12.3 Å². The summed E-state index contributed by atoms with van der Waals surface area (Å²) in [7, 11) is 1.43. The fourth-order valence-corrected chi connectivity index (χ4v) is 0.809. The maximum atomic E-state index is 8.67. The summed E-state index contributed by atoms with van der Waals surface area (Å²) in [5.41, 5.74) is 1.29. The lowest BCUT2D eigenvalue weighted by Gasteiger charge is -1.87. The number of rotatable bonds is 3. The highest BCUT2D eigenvalue weighted by molar-refractivity contribution is 5.89. The van der Waals surface area contributed by atoms with Crippen LogP contribution >= 0.6 is 0 Å². The summed E-state index contributed by atoms with van der Waals surface area (Å²) in [6.07, 6.45) is 4.83. The minimum Gasteiger partial charge on any atom is -0.399 e. The Morgan fingerprint density at radius 2 is 2.62 bits per heavy atom. The van der Waals surface area contributed by atoms with Crippen molar-refractivity contribution in [3.05, 3.63) is 29.6 Å². The second-order valence-electron chi connectivity index (χ2n) is 2.25. The molecule has 0 fully saturated rings. The number of aromatic nitrogens is 1. The Balaban J connectivity index is 2.79. The zero-order valence-corrected chi connectivity index (χ0v) is 7.19. The van der Waals surface area contributed by atoms with Crippen LogP contribution < -0.4 is 0 Å². The van der Waals surface area contributed by atoms with E-state index < -0.39 is 0 Å². The molecule has 1 aromatic rings. The van der Waals surface area contributed by atoms with Crippen LogP contribution in [-0.2, 0) is 4.84 Å². The van der Waals surface area contributed by atoms with Gasteiger partial charge in [0.25, 0.3) is 0 Å². The summed E-state index contributed by atoms with van der Waals surface area (Å²) in [6, 6.07) is 5.70. The third kappa shape index (κ3) is 2.83. The van der Waals surface area contributed by atoms with Crippen molar-refractivity contribution in [3.8, 4) is 6.07 Å². The first-order chi connectivity index (χ1) is 6.36. The molecule has 66 valence electrons. The summed E-state index contributed by atoms with van der Waals surface area (Å²) < 4.78 is 0. The summed E-state index contributed by atoms with van der Waals surface area (Å²) in [5, 5.41) is 12.2. The summed E-state index contributed by atoms with van der Waals surface area (Å²) in [4.78, 5) is 7.41. The number of nitriles is 1. The molecule has 1 N–H and O–H groups in total. The van der Waals surface area contributed by atoms with Crippen molar-refractivity contribution in [2.45, 2.75) is 0 Å². The molecule has 0 aliphatic rings. The van der Waals surface area contributed by atoms with Gasteiger partial charge in [0.05, 0.1) is 11.8 Å². The van der Waals surface area contributed by atoms with Gasteiger partial charge in [-0.25, -0.2) is 0 Å². The van der Waals surface area contributed by atoms with Crippen LogP contribution in [0.15, 0.2) is 29.1 Å². The highest BCUT2D eigenvalue weighted by Crippen LogP contribution is 2.01. The molecule has 1 rings (SSSR count). The van der Waals surface area contributed by atoms with Crippen LogP contribution in [-0.4, -0.2) is 18.3 Å². The van der Waals surface area contributed by atoms with Crippen molar-refractivity contribution < 1.29 is 4.84 Å². The predicted molar refractivity (Wildman–Crippen MR) is 49.9 cm³/mol. The average molecular weight is 175 g/mol. The molecule has 0 saturated carbocycles. The standard InChI is InChI=1S/C9H9N3O/c1-13-12-7-8(6-10)5-9-3-2-4-11-9/h2-5,7,11H,1H3/b8-5+,12-7-. The largest absolute Gasteiger partial charge is 0.399 e. The van der Waals surface area contributed by atoms with Gasteiger partial charge in [-0.1, -0.05) is 5.16 Å². The van der Waals surface area contributed by atoms with Crippen LogP contribution in [0.4, 0.5) is 0 Å². The van der Waals surface area contributed by atoms with E-state index in [0.717, 1.165) is 5.69 Å². The number of nitrogens with zero attached hydrogens (tertiary/aromatic N) is 2. The molecule has 1 heterocycles. The predicted octanol–water partition coefficient (Wildman–Crippen LogP) is 1.55. The number of allylic oxidation sites excluding steroid dienone is 1. The van der Waals surface area contributed by atoms with Crippen LogP contribution in [0.2, 0.25) is 0 Å². The van der Waals surface area contributed by atoms with Gasteiger partial charge in [0, 0.05) is 11.9 Å². The zero-order chi connectivity index (χ0) is 9.52. The number of hydrogen-bond donors (Lipinski definition) is 1. The van der Waals surface area contributed by atoms with Crippen molar-refractivity contribution in [2.75, 3.05) is 7.11 Å². The second-order valence-corrected chi connectivity index (χ2v) is 2.25. The monoisotopic (exact) mass is 175 g/mol. The lowest BCUT2D eigenvalue weighted by Crippen LogP contribution is -1.82. The molecule has 0 spiro atoms. The Bertz CT molecular complexity index is 343. The SMILES string of the molecule is CO/N=C\C(C#N)=C\c1ccc[nH]1. The molecule has 0 aliphatic heterocycles. The van der Waals surface area contributed by atoms with Gasteiger partial charge in [0.1, 0.15) is 13.2 Å². The van der Waals surface area contributed by atoms with Gasteiger partial charge < -0.3 is 9.82 Å². The molecule has 0 atom stereocenters. The zero-order valence-electron chi connectivity index (χ0n) is 7.19. The van der Waals surface area contributed by atoms with E-state index in [-0.39, 0.29) is 0 Å². The van der Waals surface area contributed by atoms with Gasteiger partial charge in [-0.3, -0.25) is 0 Å². The van der Waals surface area contributed by atoms with Crippen molar-refractivity contribution in [2.24, 2.45) is 5.16 Å². The summed E-state index contributed by atoms with van der Waals surface area (Å²) in [5.74, 6) is 0. The molecule has 4 nitrogen and oxygen atoms in total. The van der Waals surface area contributed by atoms with Gasteiger partial charge in [0.2, 0.25) is 0 Å². The average Bonchev–Trinajstić information content (AvgIpc) is 2.64. The Morgan fingerprint density at radius 3 is 3.15 bits per heavy atom. The molecule has 4 heteroatoms. The molecule has 0 aromatic carbocycles. The van der Waals surface area contributed by atoms with E-state index in [1.165, 1.54) is 13.3 Å². The van der Waals surface area contributed by atoms with Crippen molar-refractivity contribution in [1.29, 1.82) is 5.26 Å².